The molecule has 0 heterocycles. The van der Waals surface area contributed by atoms with Crippen LogP contribution in [0, 0.1) is 11.8 Å². The Kier molecular flexibility index (Phi) is 7.15. The molecule has 0 bridgehead atoms. The number of hydrogen-bond donors (Lipinski definition) is 1. The summed E-state index contributed by atoms with van der Waals surface area (Å²) in [5, 5.41) is 3.53. The Morgan fingerprint density at radius 1 is 1.11 bits per heavy atom. The van der Waals surface area contributed by atoms with Crippen LogP contribution in [0.3, 0.4) is 0 Å². The molecule has 1 rings (SSSR count). The van der Waals surface area contributed by atoms with E-state index in [-0.39, 0.29) is 0 Å². The number of benzene rings is 1. The van der Waals surface area contributed by atoms with Crippen molar-refractivity contribution in [3.63, 3.8) is 0 Å². The van der Waals surface area contributed by atoms with E-state index >= 15 is 0 Å². The van der Waals surface area contributed by atoms with Gasteiger partial charge in [-0.05, 0) is 54.8 Å². The normalized spacial score (nSPS) is 14.6. The van der Waals surface area contributed by atoms with Gasteiger partial charge in [0.2, 0.25) is 0 Å². The SMILES string of the molecule is CCCNCC(C)C(C)c1cccc(CC(C)C)c1. The molecule has 1 aromatic carbocycles. The van der Waals surface area contributed by atoms with E-state index in [1.807, 2.05) is 0 Å². The molecule has 1 heteroatoms. The van der Waals surface area contributed by atoms with Crippen LogP contribution in [0.5, 0.6) is 0 Å². The van der Waals surface area contributed by atoms with E-state index in [0.29, 0.717) is 11.8 Å². The average molecular weight is 261 g/mol. The van der Waals surface area contributed by atoms with E-state index in [2.05, 4.69) is 64.2 Å². The summed E-state index contributed by atoms with van der Waals surface area (Å²) in [6, 6.07) is 9.16. The second-order valence-corrected chi connectivity index (χ2v) is 6.31. The highest BCUT2D eigenvalue weighted by Crippen LogP contribution is 2.25. The summed E-state index contributed by atoms with van der Waals surface area (Å²) >= 11 is 0. The lowest BCUT2D eigenvalue weighted by Gasteiger charge is -2.21. The first-order valence-electron chi connectivity index (χ1n) is 7.84. The third-order valence-electron chi connectivity index (χ3n) is 3.87. The summed E-state index contributed by atoms with van der Waals surface area (Å²) in [6.45, 7) is 13.7. The molecule has 0 aliphatic carbocycles. The first-order valence-corrected chi connectivity index (χ1v) is 7.84. The molecular formula is C18H31N. The minimum atomic E-state index is 0.622. The van der Waals surface area contributed by atoms with E-state index in [1.54, 1.807) is 0 Å². The molecular weight excluding hydrogens is 230 g/mol. The predicted octanol–water partition coefficient (Wildman–Crippen LogP) is 4.62. The van der Waals surface area contributed by atoms with Crippen molar-refractivity contribution in [1.82, 2.24) is 5.32 Å². The zero-order chi connectivity index (χ0) is 14.3. The summed E-state index contributed by atoms with van der Waals surface area (Å²) in [5.41, 5.74) is 2.97. The first kappa shape index (κ1) is 16.2. The van der Waals surface area contributed by atoms with Gasteiger partial charge in [-0.1, -0.05) is 58.9 Å². The topological polar surface area (TPSA) is 12.0 Å². The molecule has 0 fully saturated rings. The summed E-state index contributed by atoms with van der Waals surface area (Å²) in [5.74, 6) is 2.03. The Hall–Kier alpha value is -0.820. The molecule has 0 radical (unpaired) electrons. The van der Waals surface area contributed by atoms with Crippen LogP contribution in [0.2, 0.25) is 0 Å². The van der Waals surface area contributed by atoms with Crippen molar-refractivity contribution in [2.24, 2.45) is 11.8 Å². The van der Waals surface area contributed by atoms with Gasteiger partial charge in [0.05, 0.1) is 0 Å². The van der Waals surface area contributed by atoms with Crippen LogP contribution in [-0.2, 0) is 6.42 Å². The number of rotatable bonds is 8. The maximum atomic E-state index is 3.53. The highest BCUT2D eigenvalue weighted by atomic mass is 14.8. The lowest BCUT2D eigenvalue weighted by Crippen LogP contribution is -2.25. The van der Waals surface area contributed by atoms with E-state index in [1.165, 1.54) is 24.0 Å². The van der Waals surface area contributed by atoms with E-state index in [9.17, 15) is 0 Å². The molecule has 0 aliphatic heterocycles. The monoisotopic (exact) mass is 261 g/mol. The molecule has 2 atom stereocenters. The summed E-state index contributed by atoms with van der Waals surface area (Å²) in [7, 11) is 0. The Bertz CT molecular complexity index is 356. The summed E-state index contributed by atoms with van der Waals surface area (Å²) in [6.07, 6.45) is 2.40. The molecule has 108 valence electrons. The van der Waals surface area contributed by atoms with Gasteiger partial charge < -0.3 is 5.32 Å². The Morgan fingerprint density at radius 3 is 2.47 bits per heavy atom. The van der Waals surface area contributed by atoms with Gasteiger partial charge in [-0.2, -0.15) is 0 Å². The third kappa shape index (κ3) is 5.78. The Balaban J connectivity index is 2.62. The lowest BCUT2D eigenvalue weighted by molar-refractivity contribution is 0.448. The standard InChI is InChI=1S/C18H31N/c1-6-10-19-13-15(4)16(5)18-9-7-8-17(12-18)11-14(2)3/h7-9,12,14-16,19H,6,10-11,13H2,1-5H3. The highest BCUT2D eigenvalue weighted by Gasteiger charge is 2.14. The van der Waals surface area contributed by atoms with Crippen LogP contribution in [0.25, 0.3) is 0 Å². The molecule has 0 aromatic heterocycles. The van der Waals surface area contributed by atoms with Gasteiger partial charge in [0.25, 0.3) is 0 Å². The van der Waals surface area contributed by atoms with Crippen molar-refractivity contribution in [3.05, 3.63) is 35.4 Å². The molecule has 0 saturated carbocycles. The van der Waals surface area contributed by atoms with Crippen molar-refractivity contribution >= 4 is 0 Å². The molecule has 0 saturated heterocycles. The van der Waals surface area contributed by atoms with Crippen LogP contribution in [0.4, 0.5) is 0 Å². The Morgan fingerprint density at radius 2 is 1.84 bits per heavy atom. The Labute approximate surface area is 119 Å². The molecule has 2 unspecified atom stereocenters. The molecule has 0 spiro atoms. The smallest absolute Gasteiger partial charge is 0.00174 e. The molecule has 19 heavy (non-hydrogen) atoms. The zero-order valence-electron chi connectivity index (χ0n) is 13.4. The largest absolute Gasteiger partial charge is 0.316 e. The van der Waals surface area contributed by atoms with Crippen LogP contribution in [0.1, 0.15) is 58.1 Å². The second kappa shape index (κ2) is 8.37. The maximum absolute atomic E-state index is 3.53. The van der Waals surface area contributed by atoms with Crippen LogP contribution >= 0.6 is 0 Å². The summed E-state index contributed by atoms with van der Waals surface area (Å²) in [4.78, 5) is 0. The number of nitrogens with one attached hydrogen (secondary N) is 1. The number of hydrogen-bond acceptors (Lipinski definition) is 1. The van der Waals surface area contributed by atoms with E-state index < -0.39 is 0 Å². The fraction of sp³-hybridized carbons (Fsp3) is 0.667. The second-order valence-electron chi connectivity index (χ2n) is 6.31. The summed E-state index contributed by atoms with van der Waals surface area (Å²) < 4.78 is 0. The van der Waals surface area contributed by atoms with Crippen molar-refractivity contribution < 1.29 is 0 Å². The molecule has 1 aromatic rings. The van der Waals surface area contributed by atoms with Gasteiger partial charge in [0, 0.05) is 0 Å². The first-order chi connectivity index (χ1) is 9.04. The fourth-order valence-electron chi connectivity index (χ4n) is 2.49. The molecule has 1 nitrogen and oxygen atoms in total. The average Bonchev–Trinajstić information content (AvgIpc) is 2.37. The quantitative estimate of drug-likeness (QED) is 0.673. The minimum absolute atomic E-state index is 0.622. The van der Waals surface area contributed by atoms with Crippen molar-refractivity contribution in [1.29, 1.82) is 0 Å². The van der Waals surface area contributed by atoms with Gasteiger partial charge in [0.15, 0.2) is 0 Å². The van der Waals surface area contributed by atoms with Gasteiger partial charge in [-0.25, -0.2) is 0 Å². The predicted molar refractivity (Wildman–Crippen MR) is 85.7 cm³/mol. The van der Waals surface area contributed by atoms with Crippen LogP contribution in [0.15, 0.2) is 24.3 Å². The zero-order valence-corrected chi connectivity index (χ0v) is 13.4. The van der Waals surface area contributed by atoms with E-state index in [0.717, 1.165) is 19.0 Å². The van der Waals surface area contributed by atoms with Crippen molar-refractivity contribution in [2.45, 2.75) is 53.4 Å². The fourth-order valence-corrected chi connectivity index (χ4v) is 2.49. The van der Waals surface area contributed by atoms with Gasteiger partial charge >= 0.3 is 0 Å². The van der Waals surface area contributed by atoms with Gasteiger partial charge in [0.1, 0.15) is 0 Å². The van der Waals surface area contributed by atoms with E-state index in [4.69, 9.17) is 0 Å². The highest BCUT2D eigenvalue weighted by molar-refractivity contribution is 5.26. The molecule has 1 N–H and O–H groups in total. The maximum Gasteiger partial charge on any atom is -0.00174 e. The lowest BCUT2D eigenvalue weighted by atomic mass is 9.87. The van der Waals surface area contributed by atoms with Crippen molar-refractivity contribution in [2.75, 3.05) is 13.1 Å². The van der Waals surface area contributed by atoms with Crippen LogP contribution < -0.4 is 5.32 Å². The van der Waals surface area contributed by atoms with Gasteiger partial charge in [-0.3, -0.25) is 0 Å². The molecule has 0 aliphatic rings. The van der Waals surface area contributed by atoms with Crippen molar-refractivity contribution in [3.8, 4) is 0 Å². The molecule has 0 amide bonds. The van der Waals surface area contributed by atoms with Crippen LogP contribution in [-0.4, -0.2) is 13.1 Å². The van der Waals surface area contributed by atoms with Gasteiger partial charge in [-0.15, -0.1) is 0 Å². The minimum Gasteiger partial charge on any atom is -0.316 e. The third-order valence-corrected chi connectivity index (χ3v) is 3.87.